The lowest BCUT2D eigenvalue weighted by atomic mass is 9.73. The second kappa shape index (κ2) is 6.10. The van der Waals surface area contributed by atoms with Crippen molar-refractivity contribution in [1.29, 1.82) is 0 Å². The third-order valence-corrected chi connectivity index (χ3v) is 5.03. The molecule has 0 radical (unpaired) electrons. The molecule has 0 saturated carbocycles. The largest absolute Gasteiger partial charge is 0.339 e. The minimum Gasteiger partial charge on any atom is -0.339 e. The maximum absolute atomic E-state index is 12.6. The second-order valence-corrected chi connectivity index (χ2v) is 6.41. The highest BCUT2D eigenvalue weighted by Crippen LogP contribution is 2.39. The lowest BCUT2D eigenvalue weighted by Crippen LogP contribution is -2.38. The Hall–Kier alpha value is -1.49. The molecule has 2 fully saturated rings. The van der Waals surface area contributed by atoms with Crippen LogP contribution >= 0.6 is 0 Å². The zero-order valence-electron chi connectivity index (χ0n) is 12.8. The third-order valence-electron chi connectivity index (χ3n) is 5.03. The van der Waals surface area contributed by atoms with Crippen molar-refractivity contribution in [2.24, 2.45) is 5.41 Å². The number of piperidine rings is 1. The summed E-state index contributed by atoms with van der Waals surface area (Å²) in [6, 6.07) is 0. The molecule has 0 unspecified atom stereocenters. The monoisotopic (exact) mass is 288 g/mol. The van der Waals surface area contributed by atoms with E-state index in [1.54, 1.807) is 12.4 Å². The van der Waals surface area contributed by atoms with Crippen molar-refractivity contribution in [3.63, 3.8) is 0 Å². The molecule has 1 aromatic heterocycles. The number of likely N-dealkylation sites (tertiary alicyclic amines) is 1. The molecular formula is C16H24N4O. The molecule has 1 N–H and O–H groups in total. The van der Waals surface area contributed by atoms with Gasteiger partial charge in [-0.05, 0) is 57.5 Å². The summed E-state index contributed by atoms with van der Waals surface area (Å²) < 4.78 is 0. The van der Waals surface area contributed by atoms with E-state index in [2.05, 4.69) is 15.3 Å². The van der Waals surface area contributed by atoms with E-state index in [1.165, 1.54) is 19.3 Å². The molecule has 5 heteroatoms. The van der Waals surface area contributed by atoms with Gasteiger partial charge in [-0.15, -0.1) is 0 Å². The van der Waals surface area contributed by atoms with Gasteiger partial charge in [-0.1, -0.05) is 0 Å². The van der Waals surface area contributed by atoms with Gasteiger partial charge in [0.15, 0.2) is 0 Å². The number of rotatable bonds is 1. The summed E-state index contributed by atoms with van der Waals surface area (Å²) in [5.41, 5.74) is 1.08. The van der Waals surface area contributed by atoms with Crippen molar-refractivity contribution in [2.45, 2.75) is 39.0 Å². The Morgan fingerprint density at radius 1 is 1.14 bits per heavy atom. The fourth-order valence-electron chi connectivity index (χ4n) is 3.60. The van der Waals surface area contributed by atoms with Crippen LogP contribution in [0.15, 0.2) is 12.4 Å². The molecule has 0 atom stereocenters. The number of aromatic nitrogens is 2. The maximum Gasteiger partial charge on any atom is 0.256 e. The van der Waals surface area contributed by atoms with Crippen LogP contribution in [-0.4, -0.2) is 47.0 Å². The molecule has 2 aliphatic rings. The van der Waals surface area contributed by atoms with Crippen molar-refractivity contribution in [3.8, 4) is 0 Å². The summed E-state index contributed by atoms with van der Waals surface area (Å²) in [6.45, 7) is 5.81. The predicted molar refractivity (Wildman–Crippen MR) is 81.1 cm³/mol. The number of nitrogens with one attached hydrogen (secondary N) is 1. The van der Waals surface area contributed by atoms with Crippen LogP contribution in [0.3, 0.4) is 0 Å². The molecule has 1 spiro atoms. The van der Waals surface area contributed by atoms with Crippen molar-refractivity contribution >= 4 is 5.91 Å². The Labute approximate surface area is 126 Å². The molecule has 5 nitrogen and oxygen atoms in total. The highest BCUT2D eigenvalue weighted by Gasteiger charge is 2.34. The van der Waals surface area contributed by atoms with E-state index in [9.17, 15) is 4.79 Å². The number of nitrogens with zero attached hydrogens (tertiary/aromatic N) is 3. The summed E-state index contributed by atoms with van der Waals surface area (Å²) in [5.74, 6) is 0.789. The van der Waals surface area contributed by atoms with Gasteiger partial charge in [0.25, 0.3) is 5.91 Å². The van der Waals surface area contributed by atoms with Crippen LogP contribution in [0, 0.1) is 12.3 Å². The van der Waals surface area contributed by atoms with E-state index in [0.29, 0.717) is 16.8 Å². The third kappa shape index (κ3) is 3.23. The van der Waals surface area contributed by atoms with Gasteiger partial charge in [0, 0.05) is 25.5 Å². The van der Waals surface area contributed by atoms with Gasteiger partial charge in [-0.3, -0.25) is 4.79 Å². The van der Waals surface area contributed by atoms with E-state index >= 15 is 0 Å². The zero-order chi connectivity index (χ0) is 14.7. The molecule has 2 aliphatic heterocycles. The zero-order valence-corrected chi connectivity index (χ0v) is 12.8. The minimum absolute atomic E-state index is 0.0842. The Morgan fingerprint density at radius 2 is 1.86 bits per heavy atom. The average molecular weight is 288 g/mol. The molecule has 0 aromatic carbocycles. The summed E-state index contributed by atoms with van der Waals surface area (Å²) in [4.78, 5) is 22.8. The van der Waals surface area contributed by atoms with Crippen molar-refractivity contribution in [3.05, 3.63) is 23.8 Å². The van der Waals surface area contributed by atoms with E-state index in [-0.39, 0.29) is 5.91 Å². The van der Waals surface area contributed by atoms with Crippen LogP contribution in [0.2, 0.25) is 0 Å². The average Bonchev–Trinajstić information content (AvgIpc) is 2.71. The van der Waals surface area contributed by atoms with Crippen LogP contribution in [0.25, 0.3) is 0 Å². The van der Waals surface area contributed by atoms with Crippen molar-refractivity contribution < 1.29 is 4.79 Å². The van der Waals surface area contributed by atoms with Crippen LogP contribution in [0.1, 0.15) is 48.3 Å². The molecule has 2 saturated heterocycles. The van der Waals surface area contributed by atoms with Gasteiger partial charge >= 0.3 is 0 Å². The standard InChI is InChI=1S/C16H24N4O/c1-13-18-11-14(12-19-13)15(21)20-9-2-3-16(6-10-20)4-7-17-8-5-16/h11-12,17H,2-10H2,1H3. The minimum atomic E-state index is 0.0842. The normalized spacial score (nSPS) is 22.0. The summed E-state index contributed by atoms with van der Waals surface area (Å²) in [5, 5.41) is 3.44. The van der Waals surface area contributed by atoms with Gasteiger partial charge in [0.05, 0.1) is 5.56 Å². The molecule has 1 aromatic rings. The van der Waals surface area contributed by atoms with Gasteiger partial charge in [0.2, 0.25) is 0 Å². The highest BCUT2D eigenvalue weighted by atomic mass is 16.2. The molecule has 1 amide bonds. The molecule has 3 heterocycles. The number of carbonyl (C=O) groups excluding carboxylic acids is 1. The first-order valence-electron chi connectivity index (χ1n) is 7.97. The lowest BCUT2D eigenvalue weighted by molar-refractivity contribution is 0.0749. The number of hydrogen-bond acceptors (Lipinski definition) is 4. The van der Waals surface area contributed by atoms with Crippen LogP contribution < -0.4 is 5.32 Å². The topological polar surface area (TPSA) is 58.1 Å². The van der Waals surface area contributed by atoms with Gasteiger partial charge in [-0.25, -0.2) is 9.97 Å². The molecule has 0 aliphatic carbocycles. The van der Waals surface area contributed by atoms with Gasteiger partial charge in [-0.2, -0.15) is 0 Å². The van der Waals surface area contributed by atoms with Gasteiger partial charge < -0.3 is 10.2 Å². The fourth-order valence-corrected chi connectivity index (χ4v) is 3.60. The Balaban J connectivity index is 1.67. The van der Waals surface area contributed by atoms with E-state index in [0.717, 1.165) is 39.0 Å². The van der Waals surface area contributed by atoms with Crippen molar-refractivity contribution in [2.75, 3.05) is 26.2 Å². The first-order chi connectivity index (χ1) is 10.2. The molecule has 3 rings (SSSR count). The molecular weight excluding hydrogens is 264 g/mol. The molecule has 114 valence electrons. The number of carbonyl (C=O) groups is 1. The van der Waals surface area contributed by atoms with E-state index < -0.39 is 0 Å². The summed E-state index contributed by atoms with van der Waals surface area (Å²) in [6.07, 6.45) is 9.30. The van der Waals surface area contributed by atoms with E-state index in [4.69, 9.17) is 0 Å². The SMILES string of the molecule is Cc1ncc(C(=O)N2CCCC3(CCNCC3)CC2)cn1. The van der Waals surface area contributed by atoms with E-state index in [1.807, 2.05) is 11.8 Å². The summed E-state index contributed by atoms with van der Waals surface area (Å²) in [7, 11) is 0. The summed E-state index contributed by atoms with van der Waals surface area (Å²) >= 11 is 0. The Kier molecular flexibility index (Phi) is 4.19. The molecule has 21 heavy (non-hydrogen) atoms. The number of hydrogen-bond donors (Lipinski definition) is 1. The first-order valence-corrected chi connectivity index (χ1v) is 7.97. The van der Waals surface area contributed by atoms with Crippen molar-refractivity contribution in [1.82, 2.24) is 20.2 Å². The van der Waals surface area contributed by atoms with Crippen LogP contribution in [0.4, 0.5) is 0 Å². The van der Waals surface area contributed by atoms with Crippen LogP contribution in [0.5, 0.6) is 0 Å². The second-order valence-electron chi connectivity index (χ2n) is 6.41. The smallest absolute Gasteiger partial charge is 0.256 e. The number of aryl methyl sites for hydroxylation is 1. The maximum atomic E-state index is 12.6. The Bertz CT molecular complexity index is 494. The Morgan fingerprint density at radius 3 is 2.57 bits per heavy atom. The number of amides is 1. The lowest BCUT2D eigenvalue weighted by Gasteiger charge is -2.37. The molecule has 0 bridgehead atoms. The highest BCUT2D eigenvalue weighted by molar-refractivity contribution is 5.93. The quantitative estimate of drug-likeness (QED) is 0.856. The first kappa shape index (κ1) is 14.4. The predicted octanol–water partition coefficient (Wildman–Crippen LogP) is 1.78. The van der Waals surface area contributed by atoms with Gasteiger partial charge in [0.1, 0.15) is 5.82 Å². The fraction of sp³-hybridized carbons (Fsp3) is 0.688. The van der Waals surface area contributed by atoms with Crippen LogP contribution in [-0.2, 0) is 0 Å².